The first kappa shape index (κ1) is 37.3. The van der Waals surface area contributed by atoms with Gasteiger partial charge in [-0.2, -0.15) is 0 Å². The molecule has 5 fully saturated rings. The molecule has 1 aliphatic heterocycles. The Morgan fingerprint density at radius 3 is 2.29 bits per heavy atom. The zero-order valence-electron chi connectivity index (χ0n) is 33.0. The number of hydrogen-bond acceptors (Lipinski definition) is 5. The van der Waals surface area contributed by atoms with Crippen LogP contribution >= 0.6 is 11.6 Å². The zero-order chi connectivity index (χ0) is 36.6. The highest BCUT2D eigenvalue weighted by Crippen LogP contribution is 2.75. The van der Waals surface area contributed by atoms with E-state index < -0.39 is 0 Å². The van der Waals surface area contributed by atoms with Gasteiger partial charge in [0.25, 0.3) is 0 Å². The minimum Gasteiger partial charge on any atom is -0.462 e. The molecule has 0 radical (unpaired) electrons. The Bertz CT molecular complexity index is 1550. The molecule has 0 bridgehead atoms. The Kier molecular flexibility index (Phi) is 9.55. The number of para-hydroxylation sites is 1. The highest BCUT2D eigenvalue weighted by atomic mass is 35.5. The molecule has 7 rings (SSSR count). The summed E-state index contributed by atoms with van der Waals surface area (Å²) >= 11 is 6.47. The number of piperazine rings is 1. The van der Waals surface area contributed by atoms with Crippen LogP contribution in [0.1, 0.15) is 120 Å². The molecule has 1 heterocycles. The van der Waals surface area contributed by atoms with Gasteiger partial charge in [0.05, 0.1) is 10.7 Å². The molecule has 0 spiro atoms. The molecule has 1 aromatic carbocycles. The third-order valence-electron chi connectivity index (χ3n) is 16.9. The van der Waals surface area contributed by atoms with Crippen LogP contribution in [0.4, 0.5) is 5.69 Å². The predicted octanol–water partition coefficient (Wildman–Crippen LogP) is 9.31. The molecule has 6 aliphatic rings. The van der Waals surface area contributed by atoms with Gasteiger partial charge in [-0.1, -0.05) is 83.8 Å². The first-order valence-corrected chi connectivity index (χ1v) is 20.7. The third kappa shape index (κ3) is 6.00. The summed E-state index contributed by atoms with van der Waals surface area (Å²) in [6, 6.07) is 8.12. The van der Waals surface area contributed by atoms with E-state index in [1.165, 1.54) is 25.7 Å². The fourth-order valence-electron chi connectivity index (χ4n) is 13.4. The van der Waals surface area contributed by atoms with Crippen LogP contribution in [0.2, 0.25) is 5.02 Å². The summed E-state index contributed by atoms with van der Waals surface area (Å²) in [5.74, 6) is 1.73. The Labute approximate surface area is 313 Å². The second kappa shape index (κ2) is 13.1. The molecule has 1 N–H and O–H groups in total. The van der Waals surface area contributed by atoms with Gasteiger partial charge in [-0.3, -0.25) is 14.5 Å². The van der Waals surface area contributed by atoms with Gasteiger partial charge in [0.2, 0.25) is 5.91 Å². The van der Waals surface area contributed by atoms with Crippen molar-refractivity contribution in [3.63, 3.8) is 0 Å². The SMILES string of the molecule is CC(=O)O[C@H]1CC[C@@]2(C)C(CC[C@]3(C)[C@@H]2CC=C2[C@@H]4CC(C)(C(=O)NCCN5CCN(c6ccccc6Cl)CC5)CC[C@]4(C)CC[C@]23C)C1(C)C. The van der Waals surface area contributed by atoms with E-state index in [9.17, 15) is 9.59 Å². The molecule has 1 saturated heterocycles. The van der Waals surface area contributed by atoms with Gasteiger partial charge in [-0.15, -0.1) is 0 Å². The quantitative estimate of drug-likeness (QED) is 0.235. The maximum Gasteiger partial charge on any atom is 0.302 e. The number of nitrogens with one attached hydrogen (secondary N) is 1. The van der Waals surface area contributed by atoms with E-state index in [0.29, 0.717) is 24.3 Å². The lowest BCUT2D eigenvalue weighted by Gasteiger charge is -2.71. The van der Waals surface area contributed by atoms with Gasteiger partial charge in [-0.05, 0) is 116 Å². The Balaban J connectivity index is 1.03. The van der Waals surface area contributed by atoms with E-state index in [1.807, 2.05) is 12.1 Å². The minimum atomic E-state index is -0.341. The Morgan fingerprint density at radius 1 is 0.882 bits per heavy atom. The van der Waals surface area contributed by atoms with Crippen LogP contribution in [-0.2, 0) is 14.3 Å². The number of carbonyl (C=O) groups is 2. The number of rotatable bonds is 6. The van der Waals surface area contributed by atoms with Crippen molar-refractivity contribution in [1.29, 1.82) is 0 Å². The summed E-state index contributed by atoms with van der Waals surface area (Å²) in [5.41, 5.74) is 3.30. The summed E-state index contributed by atoms with van der Waals surface area (Å²) in [6.45, 7) is 24.5. The van der Waals surface area contributed by atoms with E-state index in [2.05, 4.69) is 81.8 Å². The second-order valence-corrected chi connectivity index (χ2v) is 20.2. The normalized spacial score (nSPS) is 42.0. The largest absolute Gasteiger partial charge is 0.462 e. The summed E-state index contributed by atoms with van der Waals surface area (Å²) < 4.78 is 5.96. The minimum absolute atomic E-state index is 0.00800. The van der Waals surface area contributed by atoms with Crippen molar-refractivity contribution in [2.75, 3.05) is 44.2 Å². The third-order valence-corrected chi connectivity index (χ3v) is 17.2. The number of nitrogens with zero attached hydrogens (tertiary/aromatic N) is 2. The van der Waals surface area contributed by atoms with Crippen LogP contribution in [0, 0.1) is 50.2 Å². The number of allylic oxidation sites excluding steroid dienone is 2. The Hall–Kier alpha value is -2.05. The number of esters is 1. The summed E-state index contributed by atoms with van der Waals surface area (Å²) in [6.07, 6.45) is 14.0. The van der Waals surface area contributed by atoms with Crippen LogP contribution in [0.25, 0.3) is 0 Å². The monoisotopic (exact) mass is 719 g/mol. The number of benzene rings is 1. The van der Waals surface area contributed by atoms with Crippen molar-refractivity contribution < 1.29 is 14.3 Å². The first-order valence-electron chi connectivity index (χ1n) is 20.3. The van der Waals surface area contributed by atoms with Crippen LogP contribution in [0.5, 0.6) is 0 Å². The molecule has 7 heteroatoms. The van der Waals surface area contributed by atoms with E-state index in [-0.39, 0.29) is 50.5 Å². The fraction of sp³-hybridized carbons (Fsp3) is 0.773. The number of ether oxygens (including phenoxy) is 1. The Morgan fingerprint density at radius 2 is 1.59 bits per heavy atom. The average Bonchev–Trinajstić information content (AvgIpc) is 3.07. The van der Waals surface area contributed by atoms with Gasteiger partial charge in [0.1, 0.15) is 6.10 Å². The lowest BCUT2D eigenvalue weighted by Crippen LogP contribution is -2.64. The summed E-state index contributed by atoms with van der Waals surface area (Å²) in [5, 5.41) is 4.24. The van der Waals surface area contributed by atoms with Gasteiger partial charge >= 0.3 is 5.97 Å². The first-order chi connectivity index (χ1) is 24.0. The maximum atomic E-state index is 14.1. The van der Waals surface area contributed by atoms with Gasteiger partial charge in [0.15, 0.2) is 0 Å². The standard InChI is InChI=1S/C44H66ClN3O3/c1-30(49)51-37-16-17-42(6)35(39(37,2)3)15-18-44(8)36(42)14-13-31-32-29-41(5,20-19-40(32,4)21-22-43(31,44)7)38(50)46-23-24-47-25-27-48(28-26-47)34-12-10-9-11-33(34)45/h9-13,32,35-37H,14-29H2,1-8H3,(H,46,50)/t32-,35?,36+,37-,40+,41?,42-,43+,44+/m0/s1. The fourth-order valence-corrected chi connectivity index (χ4v) is 13.7. The highest BCUT2D eigenvalue weighted by Gasteiger charge is 2.68. The van der Waals surface area contributed by atoms with Crippen LogP contribution in [0.15, 0.2) is 35.9 Å². The van der Waals surface area contributed by atoms with Crippen molar-refractivity contribution in [3.05, 3.63) is 40.9 Å². The van der Waals surface area contributed by atoms with E-state index >= 15 is 0 Å². The van der Waals surface area contributed by atoms with Crippen molar-refractivity contribution in [3.8, 4) is 0 Å². The van der Waals surface area contributed by atoms with Crippen LogP contribution in [0.3, 0.4) is 0 Å². The molecule has 51 heavy (non-hydrogen) atoms. The molecule has 1 amide bonds. The van der Waals surface area contributed by atoms with E-state index in [1.54, 1.807) is 12.5 Å². The molecule has 1 aromatic rings. The van der Waals surface area contributed by atoms with Crippen LogP contribution in [-0.4, -0.2) is 62.1 Å². The van der Waals surface area contributed by atoms with E-state index in [4.69, 9.17) is 16.3 Å². The molecule has 282 valence electrons. The molecule has 0 aromatic heterocycles. The lowest BCUT2D eigenvalue weighted by molar-refractivity contribution is -0.212. The predicted molar refractivity (Wildman–Crippen MR) is 208 cm³/mol. The van der Waals surface area contributed by atoms with Crippen molar-refractivity contribution in [2.45, 2.75) is 126 Å². The molecular formula is C44H66ClN3O3. The molecule has 6 nitrogen and oxygen atoms in total. The topological polar surface area (TPSA) is 61.9 Å². The summed E-state index contributed by atoms with van der Waals surface area (Å²) in [7, 11) is 0. The average molecular weight is 720 g/mol. The molecule has 9 atom stereocenters. The smallest absolute Gasteiger partial charge is 0.302 e. The van der Waals surface area contributed by atoms with Crippen molar-refractivity contribution in [1.82, 2.24) is 10.2 Å². The second-order valence-electron chi connectivity index (χ2n) is 19.8. The van der Waals surface area contributed by atoms with Crippen LogP contribution < -0.4 is 10.2 Å². The van der Waals surface area contributed by atoms with Gasteiger partial charge in [-0.25, -0.2) is 0 Å². The van der Waals surface area contributed by atoms with Gasteiger partial charge < -0.3 is 15.0 Å². The number of fused-ring (bicyclic) bond motifs is 7. The van der Waals surface area contributed by atoms with Crippen molar-refractivity contribution >= 4 is 29.2 Å². The highest BCUT2D eigenvalue weighted by molar-refractivity contribution is 6.33. The number of anilines is 1. The number of halogens is 1. The molecule has 5 aliphatic carbocycles. The lowest BCUT2D eigenvalue weighted by atomic mass is 9.33. The zero-order valence-corrected chi connectivity index (χ0v) is 33.8. The molecular weight excluding hydrogens is 654 g/mol. The van der Waals surface area contributed by atoms with Crippen molar-refractivity contribution in [2.24, 2.45) is 50.2 Å². The number of carbonyl (C=O) groups excluding carboxylic acids is 2. The maximum absolute atomic E-state index is 14.1. The molecule has 2 unspecified atom stereocenters. The molecule has 4 saturated carbocycles. The summed E-state index contributed by atoms with van der Waals surface area (Å²) in [4.78, 5) is 31.0. The number of amides is 1. The number of hydrogen-bond donors (Lipinski definition) is 1. The van der Waals surface area contributed by atoms with E-state index in [0.717, 1.165) is 82.0 Å². The van der Waals surface area contributed by atoms with Gasteiger partial charge in [0, 0.05) is 57.0 Å².